The normalized spacial score (nSPS) is 30.9. The van der Waals surface area contributed by atoms with E-state index in [-0.39, 0.29) is 12.2 Å². The summed E-state index contributed by atoms with van der Waals surface area (Å²) in [5, 5.41) is 0. The van der Waals surface area contributed by atoms with Crippen molar-refractivity contribution < 1.29 is 23.8 Å². The lowest BCUT2D eigenvalue weighted by Gasteiger charge is -2.28. The fourth-order valence-electron chi connectivity index (χ4n) is 2.78. The molecule has 5 heteroatoms. The summed E-state index contributed by atoms with van der Waals surface area (Å²) in [5.74, 6) is -1.07. The third kappa shape index (κ3) is 1.42. The molecule has 0 amide bonds. The van der Waals surface area contributed by atoms with Gasteiger partial charge in [0.15, 0.2) is 5.41 Å². The molecule has 2 heterocycles. The standard InChI is InChI=1S/C11H16O5/c1-14-9(12)11(10(13)15-2)6-7-4-3-5-8(11)16-7/h7-8H,3-6H2,1-2H3/t7-,8-/m1/s1. The number of hydrogen-bond acceptors (Lipinski definition) is 5. The van der Waals surface area contributed by atoms with Crippen molar-refractivity contribution in [2.45, 2.75) is 37.9 Å². The van der Waals surface area contributed by atoms with E-state index >= 15 is 0 Å². The summed E-state index contributed by atoms with van der Waals surface area (Å²) >= 11 is 0. The van der Waals surface area contributed by atoms with Gasteiger partial charge in [0, 0.05) is 6.42 Å². The molecule has 2 atom stereocenters. The molecule has 0 aliphatic carbocycles. The van der Waals surface area contributed by atoms with Gasteiger partial charge < -0.3 is 14.2 Å². The number of ether oxygens (including phenoxy) is 3. The topological polar surface area (TPSA) is 61.8 Å². The molecule has 0 aromatic rings. The molecule has 0 saturated carbocycles. The quantitative estimate of drug-likeness (QED) is 0.513. The van der Waals surface area contributed by atoms with Crippen molar-refractivity contribution >= 4 is 11.9 Å². The molecule has 90 valence electrons. The highest BCUT2D eigenvalue weighted by atomic mass is 16.6. The largest absolute Gasteiger partial charge is 0.468 e. The van der Waals surface area contributed by atoms with Crippen LogP contribution in [-0.2, 0) is 23.8 Å². The average Bonchev–Trinajstić information content (AvgIpc) is 2.59. The van der Waals surface area contributed by atoms with Crippen molar-refractivity contribution in [1.29, 1.82) is 0 Å². The van der Waals surface area contributed by atoms with Gasteiger partial charge in [0.25, 0.3) is 0 Å². The van der Waals surface area contributed by atoms with Crippen LogP contribution in [0.1, 0.15) is 25.7 Å². The first-order valence-corrected chi connectivity index (χ1v) is 5.47. The third-order valence-electron chi connectivity index (χ3n) is 3.55. The Morgan fingerprint density at radius 2 is 1.81 bits per heavy atom. The Hall–Kier alpha value is -1.10. The minimum Gasteiger partial charge on any atom is -0.468 e. The monoisotopic (exact) mass is 228 g/mol. The molecule has 2 aliphatic rings. The molecule has 5 nitrogen and oxygen atoms in total. The number of esters is 2. The predicted molar refractivity (Wildman–Crippen MR) is 53.6 cm³/mol. The van der Waals surface area contributed by atoms with Crippen LogP contribution in [0.5, 0.6) is 0 Å². The van der Waals surface area contributed by atoms with Gasteiger partial charge in [-0.3, -0.25) is 9.59 Å². The SMILES string of the molecule is COC(=O)C1(C(=O)OC)C[C@H]2CCC[C@H]1O2. The molecule has 2 rings (SSSR count). The first-order valence-electron chi connectivity index (χ1n) is 5.47. The average molecular weight is 228 g/mol. The van der Waals surface area contributed by atoms with Gasteiger partial charge in [-0.05, 0) is 19.3 Å². The van der Waals surface area contributed by atoms with Crippen LogP contribution in [-0.4, -0.2) is 38.4 Å². The van der Waals surface area contributed by atoms with E-state index in [1.54, 1.807) is 0 Å². The first-order chi connectivity index (χ1) is 7.65. The Balaban J connectivity index is 2.35. The zero-order valence-electron chi connectivity index (χ0n) is 9.52. The van der Waals surface area contributed by atoms with Gasteiger partial charge in [-0.25, -0.2) is 0 Å². The molecule has 0 N–H and O–H groups in total. The van der Waals surface area contributed by atoms with Gasteiger partial charge in [0.1, 0.15) is 0 Å². The molecule has 2 aliphatic heterocycles. The van der Waals surface area contributed by atoms with Gasteiger partial charge in [0.2, 0.25) is 0 Å². The van der Waals surface area contributed by atoms with Crippen LogP contribution in [0.2, 0.25) is 0 Å². The van der Waals surface area contributed by atoms with Crippen LogP contribution < -0.4 is 0 Å². The Morgan fingerprint density at radius 1 is 1.19 bits per heavy atom. The summed E-state index contributed by atoms with van der Waals surface area (Å²) in [6.45, 7) is 0. The van der Waals surface area contributed by atoms with Crippen LogP contribution in [0.4, 0.5) is 0 Å². The molecule has 2 saturated heterocycles. The Morgan fingerprint density at radius 3 is 2.31 bits per heavy atom. The molecule has 0 unspecified atom stereocenters. The highest BCUT2D eigenvalue weighted by molar-refractivity contribution is 6.01. The lowest BCUT2D eigenvalue weighted by molar-refractivity contribution is -0.174. The summed E-state index contributed by atoms with van der Waals surface area (Å²) in [4.78, 5) is 23.8. The van der Waals surface area contributed by atoms with Crippen molar-refractivity contribution in [2.75, 3.05) is 14.2 Å². The highest BCUT2D eigenvalue weighted by Crippen LogP contribution is 2.47. The Labute approximate surface area is 94.0 Å². The van der Waals surface area contributed by atoms with Crippen LogP contribution in [0.15, 0.2) is 0 Å². The number of carbonyl (C=O) groups excluding carboxylic acids is 2. The molecule has 2 fully saturated rings. The van der Waals surface area contributed by atoms with E-state index in [0.717, 1.165) is 12.8 Å². The highest BCUT2D eigenvalue weighted by Gasteiger charge is 2.62. The number of hydrogen-bond donors (Lipinski definition) is 0. The smallest absolute Gasteiger partial charge is 0.326 e. The maximum absolute atomic E-state index is 11.9. The van der Waals surface area contributed by atoms with E-state index in [1.165, 1.54) is 14.2 Å². The van der Waals surface area contributed by atoms with Crippen molar-refractivity contribution in [3.8, 4) is 0 Å². The molecule has 0 aromatic carbocycles. The van der Waals surface area contributed by atoms with Gasteiger partial charge in [-0.1, -0.05) is 0 Å². The van der Waals surface area contributed by atoms with Crippen LogP contribution in [0, 0.1) is 5.41 Å². The van der Waals surface area contributed by atoms with Gasteiger partial charge in [-0.2, -0.15) is 0 Å². The van der Waals surface area contributed by atoms with E-state index in [4.69, 9.17) is 14.2 Å². The van der Waals surface area contributed by atoms with Crippen molar-refractivity contribution in [1.82, 2.24) is 0 Å². The number of methoxy groups -OCH3 is 2. The number of rotatable bonds is 2. The lowest BCUT2D eigenvalue weighted by atomic mass is 9.79. The molecular formula is C11H16O5. The summed E-state index contributed by atoms with van der Waals surface area (Å²) in [5.41, 5.74) is -1.23. The fraction of sp³-hybridized carbons (Fsp3) is 0.818. The number of fused-ring (bicyclic) bond motifs is 2. The minimum absolute atomic E-state index is 0.0167. The summed E-state index contributed by atoms with van der Waals surface area (Å²) in [6.07, 6.45) is 2.57. The maximum atomic E-state index is 11.9. The maximum Gasteiger partial charge on any atom is 0.326 e. The molecular weight excluding hydrogens is 212 g/mol. The van der Waals surface area contributed by atoms with E-state index in [2.05, 4.69) is 0 Å². The Kier molecular flexibility index (Phi) is 2.88. The van der Waals surface area contributed by atoms with E-state index in [9.17, 15) is 9.59 Å². The van der Waals surface area contributed by atoms with E-state index in [0.29, 0.717) is 12.8 Å². The minimum atomic E-state index is -1.23. The summed E-state index contributed by atoms with van der Waals surface area (Å²) in [6, 6.07) is 0. The predicted octanol–water partition coefficient (Wildman–Crippen LogP) is 0.660. The van der Waals surface area contributed by atoms with Gasteiger partial charge in [0.05, 0.1) is 26.4 Å². The van der Waals surface area contributed by atoms with Crippen molar-refractivity contribution in [3.05, 3.63) is 0 Å². The Bertz CT molecular complexity index is 295. The van der Waals surface area contributed by atoms with Crippen LogP contribution in [0.3, 0.4) is 0 Å². The molecule has 16 heavy (non-hydrogen) atoms. The first kappa shape index (κ1) is 11.4. The van der Waals surface area contributed by atoms with E-state index < -0.39 is 17.4 Å². The molecule has 0 spiro atoms. The van der Waals surface area contributed by atoms with Gasteiger partial charge >= 0.3 is 11.9 Å². The van der Waals surface area contributed by atoms with Gasteiger partial charge in [-0.15, -0.1) is 0 Å². The lowest BCUT2D eigenvalue weighted by Crippen LogP contribution is -2.47. The van der Waals surface area contributed by atoms with Crippen LogP contribution >= 0.6 is 0 Å². The molecule has 0 aromatic heterocycles. The second-order valence-corrected chi connectivity index (χ2v) is 4.34. The third-order valence-corrected chi connectivity index (χ3v) is 3.55. The number of carbonyl (C=O) groups is 2. The second-order valence-electron chi connectivity index (χ2n) is 4.34. The van der Waals surface area contributed by atoms with Crippen molar-refractivity contribution in [2.24, 2.45) is 5.41 Å². The summed E-state index contributed by atoms with van der Waals surface area (Å²) < 4.78 is 15.2. The zero-order chi connectivity index (χ0) is 11.8. The van der Waals surface area contributed by atoms with Crippen molar-refractivity contribution in [3.63, 3.8) is 0 Å². The molecule has 0 radical (unpaired) electrons. The zero-order valence-corrected chi connectivity index (χ0v) is 9.52. The van der Waals surface area contributed by atoms with E-state index in [1.807, 2.05) is 0 Å². The fourth-order valence-corrected chi connectivity index (χ4v) is 2.78. The molecule has 2 bridgehead atoms. The summed E-state index contributed by atoms with van der Waals surface area (Å²) in [7, 11) is 2.57. The second kappa shape index (κ2) is 4.05. The van der Waals surface area contributed by atoms with Crippen LogP contribution in [0.25, 0.3) is 0 Å².